The highest BCUT2D eigenvalue weighted by Crippen LogP contribution is 2.38. The van der Waals surface area contributed by atoms with Gasteiger partial charge in [0, 0.05) is 43.1 Å². The number of carbonyl (C=O) groups excluding carboxylic acids is 2. The van der Waals surface area contributed by atoms with Crippen LogP contribution in [0.25, 0.3) is 11.1 Å². The third-order valence-corrected chi connectivity index (χ3v) is 6.70. The number of rotatable bonds is 8. The Bertz CT molecular complexity index is 1260. The minimum absolute atomic E-state index is 0.0414. The first kappa shape index (κ1) is 26.7. The van der Waals surface area contributed by atoms with E-state index in [0.717, 1.165) is 16.8 Å². The van der Waals surface area contributed by atoms with E-state index in [4.69, 9.17) is 20.9 Å². The smallest absolute Gasteiger partial charge is 0.257 e. The maximum Gasteiger partial charge on any atom is 0.257 e. The van der Waals surface area contributed by atoms with Gasteiger partial charge in [0.25, 0.3) is 5.91 Å². The monoisotopic (exact) mass is 532 g/mol. The van der Waals surface area contributed by atoms with Gasteiger partial charge in [0.2, 0.25) is 11.8 Å². The average molecular weight is 533 g/mol. The Balaban J connectivity index is 1.52. The lowest BCUT2D eigenvalue weighted by Gasteiger charge is -2.33. The molecule has 8 nitrogen and oxygen atoms in total. The van der Waals surface area contributed by atoms with Crippen molar-refractivity contribution in [3.63, 3.8) is 0 Å². The van der Waals surface area contributed by atoms with Gasteiger partial charge in [-0.05, 0) is 49.4 Å². The Morgan fingerprint density at radius 2 is 1.95 bits per heavy atom. The number of aromatic nitrogens is 2. The van der Waals surface area contributed by atoms with Crippen molar-refractivity contribution in [2.75, 3.05) is 12.4 Å². The van der Waals surface area contributed by atoms with Crippen molar-refractivity contribution in [2.24, 2.45) is 5.92 Å². The molecule has 0 spiro atoms. The van der Waals surface area contributed by atoms with Gasteiger partial charge in [-0.1, -0.05) is 28.9 Å². The van der Waals surface area contributed by atoms with Crippen molar-refractivity contribution in [1.29, 1.82) is 0 Å². The summed E-state index contributed by atoms with van der Waals surface area (Å²) in [5, 5.41) is 9.78. The molecule has 37 heavy (non-hydrogen) atoms. The molecule has 2 amide bonds. The summed E-state index contributed by atoms with van der Waals surface area (Å²) in [7, 11) is 1.45. The van der Waals surface area contributed by atoms with E-state index in [9.17, 15) is 18.4 Å². The van der Waals surface area contributed by atoms with Gasteiger partial charge >= 0.3 is 0 Å². The van der Waals surface area contributed by atoms with E-state index in [1.165, 1.54) is 13.4 Å². The molecule has 2 aromatic heterocycles. The Labute approximate surface area is 217 Å². The molecule has 1 aromatic carbocycles. The summed E-state index contributed by atoms with van der Waals surface area (Å²) >= 11 is 6.08. The molecule has 1 aliphatic rings. The van der Waals surface area contributed by atoms with Crippen molar-refractivity contribution >= 4 is 29.1 Å². The van der Waals surface area contributed by atoms with Crippen LogP contribution in [0.1, 0.15) is 47.4 Å². The van der Waals surface area contributed by atoms with Crippen LogP contribution >= 0.6 is 11.6 Å². The van der Waals surface area contributed by atoms with Gasteiger partial charge in [0.15, 0.2) is 0 Å². The van der Waals surface area contributed by atoms with Crippen LogP contribution < -0.4 is 10.6 Å². The molecule has 1 unspecified atom stereocenters. The molecule has 1 atom stereocenters. The summed E-state index contributed by atoms with van der Waals surface area (Å²) in [6.07, 6.45) is 2.24. The Kier molecular flexibility index (Phi) is 8.19. The van der Waals surface area contributed by atoms with Crippen LogP contribution in [0, 0.1) is 12.8 Å². The van der Waals surface area contributed by atoms with Crippen molar-refractivity contribution in [1.82, 2.24) is 15.5 Å². The highest BCUT2D eigenvalue weighted by molar-refractivity contribution is 6.30. The first-order valence-electron chi connectivity index (χ1n) is 11.8. The van der Waals surface area contributed by atoms with Crippen LogP contribution in [0.4, 0.5) is 14.5 Å². The van der Waals surface area contributed by atoms with Gasteiger partial charge in [-0.3, -0.25) is 14.6 Å². The third-order valence-electron chi connectivity index (χ3n) is 6.49. The summed E-state index contributed by atoms with van der Waals surface area (Å²) in [4.78, 5) is 30.6. The molecule has 0 radical (unpaired) electrons. The minimum atomic E-state index is -2.77. The van der Waals surface area contributed by atoms with Gasteiger partial charge in [-0.15, -0.1) is 0 Å². The normalized spacial score (nSPS) is 16.2. The second kappa shape index (κ2) is 11.4. The number of halogens is 3. The van der Waals surface area contributed by atoms with E-state index < -0.39 is 29.7 Å². The van der Waals surface area contributed by atoms with Crippen molar-refractivity contribution < 1.29 is 27.6 Å². The molecule has 196 valence electrons. The molecule has 0 saturated heterocycles. The molecule has 1 fully saturated rings. The van der Waals surface area contributed by atoms with Crippen LogP contribution in [0.5, 0.6) is 0 Å². The lowest BCUT2D eigenvalue weighted by Crippen LogP contribution is -2.50. The fourth-order valence-electron chi connectivity index (χ4n) is 4.45. The summed E-state index contributed by atoms with van der Waals surface area (Å²) in [5.41, 5.74) is 3.42. The molecular formula is C26H27ClF2N4O4. The Morgan fingerprint density at radius 3 is 2.62 bits per heavy atom. The minimum Gasteiger partial charge on any atom is -0.378 e. The first-order valence-corrected chi connectivity index (χ1v) is 12.2. The number of methoxy groups -OCH3 is 1. The Hall–Kier alpha value is -3.37. The zero-order valence-electron chi connectivity index (χ0n) is 20.4. The number of ether oxygens (including phenoxy) is 1. The number of hydrogen-bond donors (Lipinski definition) is 2. The summed E-state index contributed by atoms with van der Waals surface area (Å²) in [6.45, 7) is 1.91. The van der Waals surface area contributed by atoms with Gasteiger partial charge < -0.3 is 19.9 Å². The zero-order valence-corrected chi connectivity index (χ0v) is 21.1. The van der Waals surface area contributed by atoms with Crippen molar-refractivity contribution in [3.05, 3.63) is 64.8 Å². The molecule has 1 aliphatic carbocycles. The SMILES string of the molecule is COCc1nocc1C(=O)NC(C(=O)Nc1ccc(-c2cc(Cl)cnc2C)cc1)C1CCC(F)(F)CC1. The van der Waals surface area contributed by atoms with E-state index >= 15 is 0 Å². The largest absolute Gasteiger partial charge is 0.378 e. The van der Waals surface area contributed by atoms with E-state index in [1.807, 2.05) is 25.1 Å². The number of anilines is 1. The highest BCUT2D eigenvalue weighted by Gasteiger charge is 2.40. The van der Waals surface area contributed by atoms with Gasteiger partial charge in [-0.25, -0.2) is 8.78 Å². The van der Waals surface area contributed by atoms with Crippen LogP contribution in [0.3, 0.4) is 0 Å². The summed E-state index contributed by atoms with van der Waals surface area (Å²) in [6, 6.07) is 7.85. The highest BCUT2D eigenvalue weighted by atomic mass is 35.5. The average Bonchev–Trinajstić information content (AvgIpc) is 3.33. The molecule has 1 saturated carbocycles. The van der Waals surface area contributed by atoms with Crippen LogP contribution in [-0.2, 0) is 16.1 Å². The summed E-state index contributed by atoms with van der Waals surface area (Å²) in [5.74, 6) is -4.33. The number of pyridine rings is 1. The standard InChI is InChI=1S/C26H27ClF2N4O4/c1-15-20(11-18(27)12-30-15)16-3-5-19(6-4-16)31-25(35)23(17-7-9-26(28,29)10-8-17)32-24(34)21-13-37-33-22(21)14-36-2/h3-6,11-13,17,23H,7-10,14H2,1-2H3,(H,31,35)(H,32,34). The Morgan fingerprint density at radius 1 is 1.24 bits per heavy atom. The van der Waals surface area contributed by atoms with E-state index in [2.05, 4.69) is 20.8 Å². The summed E-state index contributed by atoms with van der Waals surface area (Å²) < 4.78 is 37.5. The van der Waals surface area contributed by atoms with Crippen molar-refractivity contribution in [3.8, 4) is 11.1 Å². The number of amides is 2. The van der Waals surface area contributed by atoms with E-state index in [0.29, 0.717) is 10.7 Å². The molecule has 2 N–H and O–H groups in total. The fourth-order valence-corrected chi connectivity index (χ4v) is 4.61. The van der Waals surface area contributed by atoms with E-state index in [1.54, 1.807) is 18.3 Å². The van der Waals surface area contributed by atoms with Gasteiger partial charge in [-0.2, -0.15) is 0 Å². The zero-order chi connectivity index (χ0) is 26.6. The lowest BCUT2D eigenvalue weighted by molar-refractivity contribution is -0.121. The number of benzene rings is 1. The van der Waals surface area contributed by atoms with E-state index in [-0.39, 0.29) is 43.5 Å². The van der Waals surface area contributed by atoms with Crippen LogP contribution in [-0.4, -0.2) is 41.0 Å². The molecular weight excluding hydrogens is 506 g/mol. The quantitative estimate of drug-likeness (QED) is 0.402. The van der Waals surface area contributed by atoms with Crippen LogP contribution in [0.15, 0.2) is 47.3 Å². The molecule has 4 rings (SSSR count). The molecule has 3 aromatic rings. The molecule has 0 aliphatic heterocycles. The van der Waals surface area contributed by atoms with Crippen molar-refractivity contribution in [2.45, 2.75) is 51.2 Å². The maximum absolute atomic E-state index is 13.8. The molecule has 11 heteroatoms. The van der Waals surface area contributed by atoms with Gasteiger partial charge in [0.1, 0.15) is 23.6 Å². The van der Waals surface area contributed by atoms with Gasteiger partial charge in [0.05, 0.1) is 11.6 Å². The second-order valence-electron chi connectivity index (χ2n) is 9.11. The second-order valence-corrected chi connectivity index (χ2v) is 9.54. The number of carbonyl (C=O) groups is 2. The van der Waals surface area contributed by atoms with Crippen LogP contribution in [0.2, 0.25) is 5.02 Å². The fraction of sp³-hybridized carbons (Fsp3) is 0.385. The molecule has 0 bridgehead atoms. The number of alkyl halides is 2. The predicted octanol–water partition coefficient (Wildman–Crippen LogP) is 5.41. The lowest BCUT2D eigenvalue weighted by atomic mass is 9.81. The number of nitrogens with zero attached hydrogens (tertiary/aromatic N) is 2. The number of nitrogens with one attached hydrogen (secondary N) is 2. The number of hydrogen-bond acceptors (Lipinski definition) is 6. The predicted molar refractivity (Wildman–Crippen MR) is 133 cm³/mol. The third kappa shape index (κ3) is 6.50. The topological polar surface area (TPSA) is 106 Å². The molecule has 2 heterocycles. The number of aryl methyl sites for hydroxylation is 1. The first-order chi connectivity index (χ1) is 17.7. The maximum atomic E-state index is 13.8.